The summed E-state index contributed by atoms with van der Waals surface area (Å²) in [5, 5.41) is 6.45. The number of thioether (sulfide) groups is 1. The van der Waals surface area contributed by atoms with Crippen molar-refractivity contribution in [2.75, 3.05) is 6.26 Å². The first-order chi connectivity index (χ1) is 9.29. The summed E-state index contributed by atoms with van der Waals surface area (Å²) in [6.07, 6.45) is 2.10. The van der Waals surface area contributed by atoms with Crippen LogP contribution >= 0.6 is 11.8 Å². The molecule has 0 aliphatic carbocycles. The van der Waals surface area contributed by atoms with Crippen molar-refractivity contribution in [1.29, 1.82) is 0 Å². The molecule has 1 nitrogen and oxygen atoms in total. The van der Waals surface area contributed by atoms with Gasteiger partial charge in [0.15, 0.2) is 0 Å². The first-order valence-corrected chi connectivity index (χ1v) is 7.60. The van der Waals surface area contributed by atoms with Crippen molar-refractivity contribution in [1.82, 2.24) is 0 Å². The van der Waals surface area contributed by atoms with Gasteiger partial charge in [-0.3, -0.25) is 0 Å². The van der Waals surface area contributed by atoms with E-state index in [1.54, 1.807) is 11.8 Å². The zero-order chi connectivity index (χ0) is 13.0. The molecule has 0 unspecified atom stereocenters. The van der Waals surface area contributed by atoms with Gasteiger partial charge in [-0.1, -0.05) is 30.3 Å². The highest BCUT2D eigenvalue weighted by Gasteiger charge is 2.20. The first-order valence-electron chi connectivity index (χ1n) is 6.37. The van der Waals surface area contributed by atoms with E-state index in [0.29, 0.717) is 0 Å². The summed E-state index contributed by atoms with van der Waals surface area (Å²) in [5.41, 5.74) is 3.74. The van der Waals surface area contributed by atoms with E-state index in [1.807, 2.05) is 0 Å². The van der Waals surface area contributed by atoms with Gasteiger partial charge < -0.3 is 0 Å². The van der Waals surface area contributed by atoms with Gasteiger partial charge in [0.2, 0.25) is 0 Å². The Hall–Kier alpha value is -1.80. The maximum Gasteiger partial charge on any atom is 0.104 e. The van der Waals surface area contributed by atoms with E-state index in [9.17, 15) is 0 Å². The fraction of sp³-hybridized carbons (Fsp3) is 0.118. The number of hydrogen-bond acceptors (Lipinski definition) is 2. The predicted molar refractivity (Wildman–Crippen MR) is 85.9 cm³/mol. The Balaban J connectivity index is 2.31. The van der Waals surface area contributed by atoms with Gasteiger partial charge in [0, 0.05) is 10.9 Å². The number of benzene rings is 3. The number of fused-ring (bicyclic) bond motifs is 2. The van der Waals surface area contributed by atoms with Gasteiger partial charge in [-0.15, -0.1) is 11.8 Å². The number of aryl methyl sites for hydroxylation is 1. The summed E-state index contributed by atoms with van der Waals surface area (Å²) >= 11 is 1.73. The third kappa shape index (κ3) is 1.41. The van der Waals surface area contributed by atoms with E-state index in [4.69, 9.17) is 4.99 Å². The average molecular weight is 263 g/mol. The van der Waals surface area contributed by atoms with Crippen molar-refractivity contribution in [3.05, 3.63) is 53.6 Å². The van der Waals surface area contributed by atoms with Crippen LogP contribution in [0.3, 0.4) is 0 Å². The summed E-state index contributed by atoms with van der Waals surface area (Å²) in [6, 6.07) is 15.2. The van der Waals surface area contributed by atoms with Crippen molar-refractivity contribution in [2.24, 2.45) is 4.99 Å². The van der Waals surface area contributed by atoms with Gasteiger partial charge in [0.25, 0.3) is 0 Å². The second-order valence-corrected chi connectivity index (χ2v) is 5.71. The van der Waals surface area contributed by atoms with Gasteiger partial charge >= 0.3 is 0 Å². The van der Waals surface area contributed by atoms with Crippen LogP contribution in [-0.4, -0.2) is 11.3 Å². The van der Waals surface area contributed by atoms with Crippen LogP contribution in [0.15, 0.2) is 47.5 Å². The Bertz CT molecular complexity index is 862. The molecule has 0 fully saturated rings. The lowest BCUT2D eigenvalue weighted by atomic mass is 9.95. The van der Waals surface area contributed by atoms with Crippen LogP contribution in [0, 0.1) is 6.92 Å². The molecule has 0 amide bonds. The highest BCUT2D eigenvalue weighted by molar-refractivity contribution is 8.13. The van der Waals surface area contributed by atoms with Gasteiger partial charge in [-0.2, -0.15) is 0 Å². The lowest BCUT2D eigenvalue weighted by molar-refractivity contribution is 1.52. The molecule has 3 aromatic rings. The van der Waals surface area contributed by atoms with E-state index >= 15 is 0 Å². The third-order valence-corrected chi connectivity index (χ3v) is 4.53. The van der Waals surface area contributed by atoms with Crippen molar-refractivity contribution >= 4 is 44.0 Å². The number of hydrogen-bond donors (Lipinski definition) is 0. The second kappa shape index (κ2) is 3.84. The van der Waals surface area contributed by atoms with E-state index < -0.39 is 0 Å². The minimum atomic E-state index is 1.12. The van der Waals surface area contributed by atoms with Gasteiger partial charge in [0.1, 0.15) is 5.04 Å². The van der Waals surface area contributed by atoms with Crippen LogP contribution in [0.5, 0.6) is 0 Å². The monoisotopic (exact) mass is 263 g/mol. The van der Waals surface area contributed by atoms with Crippen LogP contribution in [0.2, 0.25) is 0 Å². The first kappa shape index (κ1) is 11.1. The van der Waals surface area contributed by atoms with E-state index in [1.165, 1.54) is 32.7 Å². The molecule has 1 heterocycles. The quantitative estimate of drug-likeness (QED) is 0.517. The van der Waals surface area contributed by atoms with Gasteiger partial charge in [-0.25, -0.2) is 4.99 Å². The molecule has 19 heavy (non-hydrogen) atoms. The Morgan fingerprint density at radius 2 is 1.84 bits per heavy atom. The number of rotatable bonds is 0. The Morgan fingerprint density at radius 3 is 2.68 bits per heavy atom. The fourth-order valence-corrected chi connectivity index (χ4v) is 3.55. The Kier molecular flexibility index (Phi) is 2.24. The van der Waals surface area contributed by atoms with Crippen LogP contribution in [0.25, 0.3) is 21.5 Å². The zero-order valence-electron chi connectivity index (χ0n) is 10.9. The van der Waals surface area contributed by atoms with Gasteiger partial charge in [-0.05, 0) is 47.0 Å². The molecule has 0 bridgehead atoms. The van der Waals surface area contributed by atoms with Gasteiger partial charge in [0.05, 0.1) is 5.69 Å². The summed E-state index contributed by atoms with van der Waals surface area (Å²) < 4.78 is 0. The van der Waals surface area contributed by atoms with Crippen molar-refractivity contribution < 1.29 is 0 Å². The highest BCUT2D eigenvalue weighted by Crippen LogP contribution is 2.42. The SMILES string of the molecule is CSC1=Nc2ccc(C)c3c2c1cc1ccccc13. The lowest BCUT2D eigenvalue weighted by Crippen LogP contribution is -1.92. The molecule has 0 atom stereocenters. The largest absolute Gasteiger partial charge is 0.241 e. The molecule has 0 N–H and O–H groups in total. The normalized spacial score (nSPS) is 13.3. The molecule has 0 saturated heterocycles. The van der Waals surface area contributed by atoms with Crippen LogP contribution in [-0.2, 0) is 0 Å². The van der Waals surface area contributed by atoms with E-state index in [-0.39, 0.29) is 0 Å². The number of aliphatic imine (C=N–C) groups is 1. The summed E-state index contributed by atoms with van der Waals surface area (Å²) in [5.74, 6) is 0. The summed E-state index contributed by atoms with van der Waals surface area (Å²) in [7, 11) is 0. The predicted octanol–water partition coefficient (Wildman–Crippen LogP) is 5.06. The Labute approximate surface area is 116 Å². The lowest BCUT2D eigenvalue weighted by Gasteiger charge is -2.09. The molecule has 3 aromatic carbocycles. The van der Waals surface area contributed by atoms with Crippen molar-refractivity contribution in [2.45, 2.75) is 6.92 Å². The molecule has 4 rings (SSSR count). The minimum Gasteiger partial charge on any atom is -0.241 e. The molecule has 1 aliphatic rings. The highest BCUT2D eigenvalue weighted by atomic mass is 32.2. The molecular weight excluding hydrogens is 250 g/mol. The maximum atomic E-state index is 4.76. The van der Waals surface area contributed by atoms with Crippen molar-refractivity contribution in [3.63, 3.8) is 0 Å². The second-order valence-electron chi connectivity index (χ2n) is 4.92. The fourth-order valence-electron chi connectivity index (χ4n) is 2.98. The Morgan fingerprint density at radius 1 is 1.00 bits per heavy atom. The summed E-state index contributed by atoms with van der Waals surface area (Å²) in [4.78, 5) is 4.76. The smallest absolute Gasteiger partial charge is 0.104 e. The molecule has 1 aliphatic heterocycles. The summed E-state index contributed by atoms with van der Waals surface area (Å²) in [6.45, 7) is 2.19. The van der Waals surface area contributed by atoms with Crippen LogP contribution < -0.4 is 0 Å². The van der Waals surface area contributed by atoms with E-state index in [2.05, 4.69) is 55.6 Å². The number of nitrogens with zero attached hydrogens (tertiary/aromatic N) is 1. The minimum absolute atomic E-state index is 1.12. The molecule has 0 spiro atoms. The zero-order valence-corrected chi connectivity index (χ0v) is 11.7. The van der Waals surface area contributed by atoms with E-state index in [0.717, 1.165) is 10.7 Å². The maximum absolute atomic E-state index is 4.76. The molecule has 0 radical (unpaired) electrons. The molecule has 92 valence electrons. The van der Waals surface area contributed by atoms with Crippen LogP contribution in [0.1, 0.15) is 11.1 Å². The third-order valence-electron chi connectivity index (χ3n) is 3.84. The standard InChI is InChI=1S/C17H13NS/c1-10-7-8-14-16-13(17(18-14)19-2)9-11-5-3-4-6-12(11)15(10)16/h3-9H,1-2H3. The topological polar surface area (TPSA) is 12.4 Å². The molecule has 0 saturated carbocycles. The average Bonchev–Trinajstić information content (AvgIpc) is 2.80. The van der Waals surface area contributed by atoms with Crippen LogP contribution in [0.4, 0.5) is 5.69 Å². The molecular formula is C17H13NS. The van der Waals surface area contributed by atoms with Crippen molar-refractivity contribution in [3.8, 4) is 0 Å². The molecule has 0 aromatic heterocycles. The molecule has 2 heteroatoms.